The third-order valence-corrected chi connectivity index (χ3v) is 7.94. The van der Waals surface area contributed by atoms with E-state index in [2.05, 4.69) is 24.9 Å². The van der Waals surface area contributed by atoms with Crippen molar-refractivity contribution < 1.29 is 12.9 Å². The largest absolute Gasteiger partial charge is 0.338 e. The molecular weight excluding hydrogens is 528 g/mol. The predicted octanol–water partition coefficient (Wildman–Crippen LogP) is 4.13. The molecule has 0 saturated heterocycles. The molecule has 3 aromatic heterocycles. The molecule has 0 bridgehead atoms. The SMILES string of the molecule is Cc1cc2ccc3ncc(-c4cnn(C)c4)cc3c(=O)c2cc1CS(=O)(=O)NCc1nc(-c2ccccc2)no1. The van der Waals surface area contributed by atoms with E-state index in [1.165, 1.54) is 0 Å². The number of nitrogens with zero attached hydrogens (tertiary/aromatic N) is 5. The average molecular weight is 553 g/mol. The maximum absolute atomic E-state index is 13.7. The Labute approximate surface area is 229 Å². The number of aromatic nitrogens is 5. The van der Waals surface area contributed by atoms with Gasteiger partial charge in [-0.1, -0.05) is 47.6 Å². The normalized spacial score (nSPS) is 11.8. The van der Waals surface area contributed by atoms with Crippen LogP contribution < -0.4 is 10.2 Å². The van der Waals surface area contributed by atoms with Crippen molar-refractivity contribution in [3.8, 4) is 22.5 Å². The highest BCUT2D eigenvalue weighted by molar-refractivity contribution is 7.88. The zero-order chi connectivity index (χ0) is 27.9. The molecule has 3 aromatic carbocycles. The van der Waals surface area contributed by atoms with Crippen LogP contribution in [0.2, 0.25) is 0 Å². The predicted molar refractivity (Wildman–Crippen MR) is 152 cm³/mol. The molecule has 0 amide bonds. The Morgan fingerprint density at radius 2 is 1.77 bits per heavy atom. The monoisotopic (exact) mass is 552 g/mol. The Bertz CT molecular complexity index is 2050. The first-order valence-corrected chi connectivity index (χ1v) is 14.1. The van der Waals surface area contributed by atoms with Gasteiger partial charge >= 0.3 is 0 Å². The van der Waals surface area contributed by atoms with E-state index in [1.54, 1.807) is 35.3 Å². The molecule has 0 spiro atoms. The van der Waals surface area contributed by atoms with Gasteiger partial charge in [-0.3, -0.25) is 14.5 Å². The summed E-state index contributed by atoms with van der Waals surface area (Å²) in [6.45, 7) is 1.67. The Kier molecular flexibility index (Phi) is 6.45. The van der Waals surface area contributed by atoms with Crippen molar-refractivity contribution in [1.82, 2.24) is 29.6 Å². The molecule has 10 nitrogen and oxygen atoms in total. The zero-order valence-corrected chi connectivity index (χ0v) is 22.5. The van der Waals surface area contributed by atoms with Gasteiger partial charge in [0.05, 0.1) is 24.0 Å². The van der Waals surface area contributed by atoms with Gasteiger partial charge in [-0.25, -0.2) is 13.1 Å². The zero-order valence-electron chi connectivity index (χ0n) is 21.7. The molecule has 0 fully saturated rings. The molecule has 0 aliphatic heterocycles. The van der Waals surface area contributed by atoms with Crippen LogP contribution in [-0.2, 0) is 29.4 Å². The van der Waals surface area contributed by atoms with E-state index in [1.807, 2.05) is 62.6 Å². The second-order valence-electron chi connectivity index (χ2n) is 9.55. The molecule has 3 heterocycles. The molecule has 0 radical (unpaired) electrons. The molecule has 200 valence electrons. The smallest absolute Gasteiger partial charge is 0.242 e. The fraction of sp³-hybridized carbons (Fsp3) is 0.138. The van der Waals surface area contributed by atoms with Crippen LogP contribution in [0.4, 0.5) is 0 Å². The number of fused-ring (bicyclic) bond motifs is 2. The van der Waals surface area contributed by atoms with Crippen molar-refractivity contribution in [2.45, 2.75) is 19.2 Å². The van der Waals surface area contributed by atoms with Crippen molar-refractivity contribution in [2.24, 2.45) is 7.05 Å². The first kappa shape index (κ1) is 25.5. The van der Waals surface area contributed by atoms with Gasteiger partial charge in [-0.15, -0.1) is 0 Å². The molecule has 6 aromatic rings. The fourth-order valence-electron chi connectivity index (χ4n) is 4.56. The Balaban J connectivity index is 1.30. The van der Waals surface area contributed by atoms with Gasteiger partial charge in [0, 0.05) is 46.9 Å². The van der Waals surface area contributed by atoms with E-state index in [-0.39, 0.29) is 23.6 Å². The van der Waals surface area contributed by atoms with Gasteiger partial charge in [-0.05, 0) is 41.6 Å². The first-order chi connectivity index (χ1) is 19.3. The van der Waals surface area contributed by atoms with E-state index in [9.17, 15) is 13.2 Å². The second-order valence-corrected chi connectivity index (χ2v) is 11.4. The summed E-state index contributed by atoms with van der Waals surface area (Å²) >= 11 is 0. The third-order valence-electron chi connectivity index (χ3n) is 6.66. The topological polar surface area (TPSA) is 133 Å². The van der Waals surface area contributed by atoms with Crippen LogP contribution in [0.5, 0.6) is 0 Å². The third kappa shape index (κ3) is 5.12. The van der Waals surface area contributed by atoms with E-state index in [0.717, 1.165) is 22.3 Å². The number of nitrogens with one attached hydrogen (secondary N) is 1. The van der Waals surface area contributed by atoms with Gasteiger partial charge in [0.15, 0.2) is 5.43 Å². The summed E-state index contributed by atoms with van der Waals surface area (Å²) in [5.74, 6) is 0.211. The van der Waals surface area contributed by atoms with Gasteiger partial charge in [0.25, 0.3) is 0 Å². The number of pyridine rings is 1. The Hall–Kier alpha value is -4.74. The first-order valence-electron chi connectivity index (χ1n) is 12.5. The summed E-state index contributed by atoms with van der Waals surface area (Å²) in [5, 5.41) is 9.68. The lowest BCUT2D eigenvalue weighted by Gasteiger charge is -2.09. The molecule has 0 aliphatic rings. The molecule has 0 saturated carbocycles. The standard InChI is InChI=1S/C29H24N6O4S/c1-18-10-20-8-9-26-25(11-21(13-30-26)23-14-31-35(2)16-23)28(36)24(20)12-22(18)17-40(37,38)32-15-27-33-29(34-39-27)19-6-4-3-5-7-19/h3-14,16,32H,15,17H2,1-2H3. The van der Waals surface area contributed by atoms with Crippen molar-refractivity contribution >= 4 is 31.7 Å². The van der Waals surface area contributed by atoms with Crippen LogP contribution in [0.15, 0.2) is 88.6 Å². The number of hydrogen-bond donors (Lipinski definition) is 1. The number of hydrogen-bond acceptors (Lipinski definition) is 8. The summed E-state index contributed by atoms with van der Waals surface area (Å²) in [4.78, 5) is 22.5. The molecule has 0 aliphatic carbocycles. The molecule has 0 atom stereocenters. The molecule has 40 heavy (non-hydrogen) atoms. The summed E-state index contributed by atoms with van der Waals surface area (Å²) in [6, 6.07) is 18.2. The van der Waals surface area contributed by atoms with Gasteiger partial charge < -0.3 is 4.52 Å². The van der Waals surface area contributed by atoms with Crippen LogP contribution in [-0.4, -0.2) is 33.3 Å². The molecule has 11 heteroatoms. The number of benzene rings is 2. The highest BCUT2D eigenvalue weighted by Crippen LogP contribution is 2.24. The maximum atomic E-state index is 13.7. The summed E-state index contributed by atoms with van der Waals surface area (Å²) in [7, 11) is -1.97. The summed E-state index contributed by atoms with van der Waals surface area (Å²) < 4.78 is 35.4. The van der Waals surface area contributed by atoms with Gasteiger partial charge in [0.2, 0.25) is 21.7 Å². The number of sulfonamides is 1. The van der Waals surface area contributed by atoms with E-state index < -0.39 is 10.0 Å². The highest BCUT2D eigenvalue weighted by atomic mass is 32.2. The number of aryl methyl sites for hydroxylation is 2. The van der Waals surface area contributed by atoms with Crippen molar-refractivity contribution in [2.75, 3.05) is 0 Å². The lowest BCUT2D eigenvalue weighted by atomic mass is 10.0. The van der Waals surface area contributed by atoms with Crippen molar-refractivity contribution in [1.29, 1.82) is 0 Å². The molecule has 0 unspecified atom stereocenters. The second kappa shape index (κ2) is 10.1. The minimum absolute atomic E-state index is 0.148. The lowest BCUT2D eigenvalue weighted by molar-refractivity contribution is 0.376. The van der Waals surface area contributed by atoms with Gasteiger partial charge in [-0.2, -0.15) is 10.1 Å². The summed E-state index contributed by atoms with van der Waals surface area (Å²) in [6.07, 6.45) is 5.28. The Morgan fingerprint density at radius 3 is 2.55 bits per heavy atom. The maximum Gasteiger partial charge on any atom is 0.242 e. The van der Waals surface area contributed by atoms with Crippen LogP contribution in [0, 0.1) is 6.92 Å². The van der Waals surface area contributed by atoms with Gasteiger partial charge in [0.1, 0.15) is 0 Å². The highest BCUT2D eigenvalue weighted by Gasteiger charge is 2.17. The average Bonchev–Trinajstić information content (AvgIpc) is 3.58. The van der Waals surface area contributed by atoms with Crippen molar-refractivity contribution in [3.63, 3.8) is 0 Å². The van der Waals surface area contributed by atoms with Crippen LogP contribution >= 0.6 is 0 Å². The van der Waals surface area contributed by atoms with Crippen LogP contribution in [0.3, 0.4) is 0 Å². The molecule has 1 N–H and O–H groups in total. The summed E-state index contributed by atoms with van der Waals surface area (Å²) in [5.41, 5.74) is 3.98. The van der Waals surface area contributed by atoms with Crippen LogP contribution in [0.1, 0.15) is 17.0 Å². The molecular formula is C29H24N6O4S. The van der Waals surface area contributed by atoms with E-state index in [4.69, 9.17) is 4.52 Å². The van der Waals surface area contributed by atoms with E-state index in [0.29, 0.717) is 33.1 Å². The number of rotatable bonds is 7. The minimum atomic E-state index is -3.79. The minimum Gasteiger partial charge on any atom is -0.338 e. The van der Waals surface area contributed by atoms with E-state index >= 15 is 0 Å². The fourth-order valence-corrected chi connectivity index (χ4v) is 5.72. The van der Waals surface area contributed by atoms with Crippen molar-refractivity contribution in [3.05, 3.63) is 106 Å². The quantitative estimate of drug-likeness (QED) is 0.313. The Morgan fingerprint density at radius 1 is 0.950 bits per heavy atom. The lowest BCUT2D eigenvalue weighted by Crippen LogP contribution is -2.25. The van der Waals surface area contributed by atoms with Crippen LogP contribution in [0.25, 0.3) is 44.2 Å². The molecule has 6 rings (SSSR count).